The molecule has 0 aliphatic carbocycles. The maximum atomic E-state index is 11.9. The van der Waals surface area contributed by atoms with Crippen LogP contribution in [0, 0.1) is 5.92 Å². The lowest BCUT2D eigenvalue weighted by Crippen LogP contribution is -2.58. The summed E-state index contributed by atoms with van der Waals surface area (Å²) < 4.78 is 5.24. The first kappa shape index (κ1) is 14.4. The molecule has 1 atom stereocenters. The van der Waals surface area contributed by atoms with E-state index in [9.17, 15) is 14.4 Å². The molecular formula is C12H18N2O4. The first-order valence-corrected chi connectivity index (χ1v) is 5.96. The van der Waals surface area contributed by atoms with E-state index in [0.717, 1.165) is 11.3 Å². The molecule has 1 aliphatic heterocycles. The molecule has 1 unspecified atom stereocenters. The van der Waals surface area contributed by atoms with E-state index in [0.29, 0.717) is 13.0 Å². The molecule has 0 bridgehead atoms. The number of barbiturate groups is 1. The molecule has 6 nitrogen and oxygen atoms in total. The predicted octanol–water partition coefficient (Wildman–Crippen LogP) is 0.684. The normalized spacial score (nSPS) is 19.9. The van der Waals surface area contributed by atoms with Gasteiger partial charge < -0.3 is 4.74 Å². The summed E-state index contributed by atoms with van der Waals surface area (Å²) in [5.41, 5.74) is 0. The van der Waals surface area contributed by atoms with E-state index < -0.39 is 23.8 Å². The van der Waals surface area contributed by atoms with Gasteiger partial charge in [0.05, 0.1) is 19.8 Å². The maximum Gasteiger partial charge on any atom is 0.330 e. The molecule has 1 fully saturated rings. The topological polar surface area (TPSA) is 75.7 Å². The van der Waals surface area contributed by atoms with Crippen molar-refractivity contribution in [3.8, 4) is 0 Å². The summed E-state index contributed by atoms with van der Waals surface area (Å²) in [7, 11) is 0. The van der Waals surface area contributed by atoms with E-state index in [1.165, 1.54) is 0 Å². The molecule has 0 aromatic heterocycles. The van der Waals surface area contributed by atoms with Crippen LogP contribution in [-0.4, -0.2) is 42.5 Å². The number of hydrogen-bond acceptors (Lipinski definition) is 4. The van der Waals surface area contributed by atoms with Gasteiger partial charge in [-0.05, 0) is 12.8 Å². The van der Waals surface area contributed by atoms with E-state index in [4.69, 9.17) is 4.74 Å². The number of nitrogens with zero attached hydrogens (tertiary/aromatic N) is 1. The second-order valence-corrected chi connectivity index (χ2v) is 3.93. The molecule has 1 aliphatic rings. The number of imide groups is 2. The summed E-state index contributed by atoms with van der Waals surface area (Å²) in [6.07, 6.45) is 2.83. The Morgan fingerprint density at radius 1 is 1.39 bits per heavy atom. The molecule has 1 heterocycles. The van der Waals surface area contributed by atoms with Crippen LogP contribution in [0.15, 0.2) is 12.7 Å². The Balaban J connectivity index is 2.47. The standard InChI is InChI=1S/C12H18N2O4/c1-3-5-7-18-8-6-14-11(16)9(4-2)10(15)13-12(14)17/h3,9H,1,4-8H2,2H3,(H,13,15,17). The third-order valence-corrected chi connectivity index (χ3v) is 2.69. The smallest absolute Gasteiger partial charge is 0.330 e. The average molecular weight is 254 g/mol. The minimum absolute atomic E-state index is 0.158. The van der Waals surface area contributed by atoms with Gasteiger partial charge in [0.15, 0.2) is 0 Å². The van der Waals surface area contributed by atoms with Crippen LogP contribution in [0.5, 0.6) is 0 Å². The Labute approximate surface area is 106 Å². The van der Waals surface area contributed by atoms with Gasteiger partial charge in [-0.3, -0.25) is 19.8 Å². The monoisotopic (exact) mass is 254 g/mol. The van der Waals surface area contributed by atoms with Crippen molar-refractivity contribution in [2.75, 3.05) is 19.8 Å². The number of urea groups is 1. The zero-order chi connectivity index (χ0) is 13.5. The van der Waals surface area contributed by atoms with Crippen LogP contribution < -0.4 is 5.32 Å². The van der Waals surface area contributed by atoms with Crippen molar-refractivity contribution in [1.29, 1.82) is 0 Å². The van der Waals surface area contributed by atoms with Crippen molar-refractivity contribution >= 4 is 17.8 Å². The first-order chi connectivity index (χ1) is 8.61. The Hall–Kier alpha value is -1.69. The maximum absolute atomic E-state index is 11.9. The molecule has 0 radical (unpaired) electrons. The summed E-state index contributed by atoms with van der Waals surface area (Å²) in [4.78, 5) is 35.8. The van der Waals surface area contributed by atoms with Gasteiger partial charge in [-0.1, -0.05) is 13.0 Å². The number of nitrogens with one attached hydrogen (secondary N) is 1. The van der Waals surface area contributed by atoms with Gasteiger partial charge in [-0.15, -0.1) is 6.58 Å². The first-order valence-electron chi connectivity index (χ1n) is 5.96. The molecule has 6 heteroatoms. The van der Waals surface area contributed by atoms with Crippen molar-refractivity contribution in [2.24, 2.45) is 5.92 Å². The number of ether oxygens (including phenoxy) is 1. The third kappa shape index (κ3) is 3.40. The van der Waals surface area contributed by atoms with Crippen molar-refractivity contribution in [2.45, 2.75) is 19.8 Å². The van der Waals surface area contributed by atoms with Crippen molar-refractivity contribution < 1.29 is 19.1 Å². The van der Waals surface area contributed by atoms with E-state index in [1.807, 2.05) is 0 Å². The van der Waals surface area contributed by atoms with Gasteiger partial charge >= 0.3 is 6.03 Å². The van der Waals surface area contributed by atoms with Crippen LogP contribution in [-0.2, 0) is 14.3 Å². The summed E-state index contributed by atoms with van der Waals surface area (Å²) in [5.74, 6) is -1.73. The average Bonchev–Trinajstić information content (AvgIpc) is 2.32. The Morgan fingerprint density at radius 3 is 2.72 bits per heavy atom. The van der Waals surface area contributed by atoms with Crippen molar-refractivity contribution in [1.82, 2.24) is 10.2 Å². The number of rotatable bonds is 7. The van der Waals surface area contributed by atoms with Gasteiger partial charge in [0.25, 0.3) is 0 Å². The van der Waals surface area contributed by atoms with Gasteiger partial charge in [-0.25, -0.2) is 4.79 Å². The highest BCUT2D eigenvalue weighted by molar-refractivity contribution is 6.16. The van der Waals surface area contributed by atoms with Crippen LogP contribution >= 0.6 is 0 Å². The zero-order valence-corrected chi connectivity index (χ0v) is 10.5. The molecule has 0 spiro atoms. The zero-order valence-electron chi connectivity index (χ0n) is 10.5. The fourth-order valence-corrected chi connectivity index (χ4v) is 1.66. The van der Waals surface area contributed by atoms with Gasteiger partial charge in [0.2, 0.25) is 11.8 Å². The second kappa shape index (κ2) is 6.90. The molecular weight excluding hydrogens is 236 g/mol. The highest BCUT2D eigenvalue weighted by Gasteiger charge is 2.38. The molecule has 0 aromatic carbocycles. The van der Waals surface area contributed by atoms with Crippen molar-refractivity contribution in [3.05, 3.63) is 12.7 Å². The third-order valence-electron chi connectivity index (χ3n) is 2.69. The summed E-state index contributed by atoms with van der Waals surface area (Å²) in [6, 6.07) is -0.665. The van der Waals surface area contributed by atoms with Gasteiger partial charge in [0, 0.05) is 0 Å². The van der Waals surface area contributed by atoms with Crippen LogP contribution in [0.2, 0.25) is 0 Å². The number of hydrogen-bond donors (Lipinski definition) is 1. The Bertz CT molecular complexity index is 354. The highest BCUT2D eigenvalue weighted by Crippen LogP contribution is 2.13. The highest BCUT2D eigenvalue weighted by atomic mass is 16.5. The van der Waals surface area contributed by atoms with E-state index in [-0.39, 0.29) is 13.2 Å². The lowest BCUT2D eigenvalue weighted by atomic mass is 10.0. The Kier molecular flexibility index (Phi) is 5.51. The van der Waals surface area contributed by atoms with Crippen molar-refractivity contribution in [3.63, 3.8) is 0 Å². The number of carbonyl (C=O) groups excluding carboxylic acids is 3. The molecule has 1 saturated heterocycles. The van der Waals surface area contributed by atoms with E-state index in [1.54, 1.807) is 13.0 Å². The van der Waals surface area contributed by atoms with Crippen LogP contribution in [0.25, 0.3) is 0 Å². The molecule has 0 saturated carbocycles. The summed E-state index contributed by atoms with van der Waals surface area (Å²) >= 11 is 0. The van der Waals surface area contributed by atoms with Gasteiger partial charge in [-0.2, -0.15) is 0 Å². The molecule has 100 valence electrons. The Morgan fingerprint density at radius 2 is 2.11 bits per heavy atom. The molecule has 1 rings (SSSR count). The summed E-state index contributed by atoms with van der Waals surface area (Å²) in [6.45, 7) is 6.21. The van der Waals surface area contributed by atoms with Gasteiger partial charge in [0.1, 0.15) is 5.92 Å². The quantitative estimate of drug-likeness (QED) is 0.412. The largest absolute Gasteiger partial charge is 0.379 e. The number of carbonyl (C=O) groups is 3. The van der Waals surface area contributed by atoms with Crippen LogP contribution in [0.1, 0.15) is 19.8 Å². The SMILES string of the molecule is C=CCCOCCN1C(=O)NC(=O)C(CC)C1=O. The molecule has 18 heavy (non-hydrogen) atoms. The fourth-order valence-electron chi connectivity index (χ4n) is 1.66. The predicted molar refractivity (Wildman–Crippen MR) is 64.7 cm³/mol. The minimum Gasteiger partial charge on any atom is -0.379 e. The lowest BCUT2D eigenvalue weighted by Gasteiger charge is -2.29. The summed E-state index contributed by atoms with van der Waals surface area (Å²) in [5, 5.41) is 2.17. The van der Waals surface area contributed by atoms with Crippen LogP contribution in [0.4, 0.5) is 4.79 Å². The minimum atomic E-state index is -0.768. The molecule has 0 aromatic rings. The fraction of sp³-hybridized carbons (Fsp3) is 0.583. The number of amides is 4. The second-order valence-electron chi connectivity index (χ2n) is 3.93. The van der Waals surface area contributed by atoms with Crippen LogP contribution in [0.3, 0.4) is 0 Å². The lowest BCUT2D eigenvalue weighted by molar-refractivity contribution is -0.143. The van der Waals surface area contributed by atoms with E-state index >= 15 is 0 Å². The molecule has 1 N–H and O–H groups in total. The molecule has 4 amide bonds. The van der Waals surface area contributed by atoms with E-state index in [2.05, 4.69) is 11.9 Å².